The van der Waals surface area contributed by atoms with Gasteiger partial charge in [0.1, 0.15) is 6.61 Å². The second kappa shape index (κ2) is 10.2. The summed E-state index contributed by atoms with van der Waals surface area (Å²) in [5.74, 6) is 5.56. The number of anilines is 1. The van der Waals surface area contributed by atoms with Gasteiger partial charge in [0.25, 0.3) is 0 Å². The van der Waals surface area contributed by atoms with Crippen LogP contribution in [0.1, 0.15) is 24.0 Å². The molecule has 4 rings (SSSR count). The van der Waals surface area contributed by atoms with Gasteiger partial charge in [-0.2, -0.15) is 13.2 Å². The summed E-state index contributed by atoms with van der Waals surface area (Å²) >= 11 is 0. The molecule has 2 amide bonds. The molecule has 2 aliphatic rings. The van der Waals surface area contributed by atoms with Gasteiger partial charge in [0.15, 0.2) is 0 Å². The van der Waals surface area contributed by atoms with Gasteiger partial charge in [-0.15, -0.1) is 0 Å². The molecule has 1 atom stereocenters. The molecule has 0 radical (unpaired) electrons. The van der Waals surface area contributed by atoms with Crippen LogP contribution in [0, 0.1) is 11.3 Å². The van der Waals surface area contributed by atoms with E-state index in [0.717, 1.165) is 0 Å². The second-order valence-electron chi connectivity index (χ2n) is 8.98. The van der Waals surface area contributed by atoms with Crippen LogP contribution in [-0.2, 0) is 20.9 Å². The maximum absolute atomic E-state index is 12.9. The summed E-state index contributed by atoms with van der Waals surface area (Å²) in [6, 6.07) is 15.8. The highest BCUT2D eigenvalue weighted by atomic mass is 19.4. The Balaban J connectivity index is 1.56. The number of nitrogens with two attached hydrogens (primary N) is 1. The number of carbonyl (C=O) groups is 2. The van der Waals surface area contributed by atoms with Crippen molar-refractivity contribution in [3.8, 4) is 0 Å². The molecule has 7 nitrogen and oxygen atoms in total. The molecule has 1 heterocycles. The zero-order chi connectivity index (χ0) is 25.9. The van der Waals surface area contributed by atoms with Crippen LogP contribution < -0.4 is 21.5 Å². The van der Waals surface area contributed by atoms with E-state index >= 15 is 0 Å². The zero-order valence-electron chi connectivity index (χ0n) is 19.5. The first-order valence-electron chi connectivity index (χ1n) is 11.4. The fourth-order valence-electron chi connectivity index (χ4n) is 4.35. The lowest BCUT2D eigenvalue weighted by Crippen LogP contribution is -2.36. The summed E-state index contributed by atoms with van der Waals surface area (Å²) < 4.78 is 42.2. The van der Waals surface area contributed by atoms with Crippen molar-refractivity contribution in [3.63, 3.8) is 0 Å². The minimum atomic E-state index is -4.42. The number of allylic oxidation sites excluding steroid dienone is 1. The molecule has 0 aromatic heterocycles. The molecule has 2 aromatic carbocycles. The van der Waals surface area contributed by atoms with Crippen molar-refractivity contribution in [3.05, 3.63) is 84.1 Å². The number of nitrogens with one attached hydrogen (secondary N) is 2. The number of para-hydroxylation sites is 1. The van der Waals surface area contributed by atoms with Crippen LogP contribution in [0.4, 0.5) is 18.9 Å². The van der Waals surface area contributed by atoms with E-state index in [1.807, 2.05) is 18.2 Å². The second-order valence-corrected chi connectivity index (χ2v) is 8.98. The van der Waals surface area contributed by atoms with Gasteiger partial charge in [-0.05, 0) is 42.7 Å². The number of benzene rings is 2. The van der Waals surface area contributed by atoms with E-state index in [0.29, 0.717) is 35.4 Å². The van der Waals surface area contributed by atoms with E-state index in [9.17, 15) is 22.8 Å². The van der Waals surface area contributed by atoms with Crippen molar-refractivity contribution in [2.75, 3.05) is 18.2 Å². The number of alkyl halides is 3. The Bertz CT molecular complexity index is 1180. The van der Waals surface area contributed by atoms with E-state index in [-0.39, 0.29) is 30.7 Å². The van der Waals surface area contributed by atoms with Gasteiger partial charge in [0, 0.05) is 17.8 Å². The van der Waals surface area contributed by atoms with Crippen LogP contribution in [-0.4, -0.2) is 31.1 Å². The number of carbonyl (C=O) groups excluding carboxylic acids is 2. The first-order chi connectivity index (χ1) is 17.1. The minimum absolute atomic E-state index is 0.0914. The Morgan fingerprint density at radius 3 is 2.61 bits per heavy atom. The Morgan fingerprint density at radius 2 is 1.94 bits per heavy atom. The first kappa shape index (κ1) is 25.5. The Kier molecular flexibility index (Phi) is 7.18. The summed E-state index contributed by atoms with van der Waals surface area (Å²) in [5, 5.41) is 6.93. The molecular formula is C26H27F3N4O3. The summed E-state index contributed by atoms with van der Waals surface area (Å²) in [5.41, 5.74) is 1.84. The molecule has 1 spiro atoms. The molecule has 190 valence electrons. The number of hydrogen-bond acceptors (Lipinski definition) is 5. The average molecular weight is 501 g/mol. The van der Waals surface area contributed by atoms with Crippen molar-refractivity contribution in [2.45, 2.75) is 25.6 Å². The van der Waals surface area contributed by atoms with E-state index in [4.69, 9.17) is 10.6 Å². The molecule has 1 unspecified atom stereocenters. The predicted molar refractivity (Wildman–Crippen MR) is 129 cm³/mol. The average Bonchev–Trinajstić information content (AvgIpc) is 3.57. The molecular weight excluding hydrogens is 473 g/mol. The maximum atomic E-state index is 12.9. The monoisotopic (exact) mass is 500 g/mol. The highest BCUT2D eigenvalue weighted by Gasteiger charge is 2.61. The molecule has 1 aliphatic carbocycles. The topological polar surface area (TPSA) is 96.7 Å². The fourth-order valence-corrected chi connectivity index (χ4v) is 4.35. The molecule has 1 aliphatic heterocycles. The molecule has 10 heteroatoms. The van der Waals surface area contributed by atoms with Crippen molar-refractivity contribution < 1.29 is 27.5 Å². The number of hydrogen-bond donors (Lipinski definition) is 3. The van der Waals surface area contributed by atoms with E-state index in [1.54, 1.807) is 42.5 Å². The van der Waals surface area contributed by atoms with Crippen molar-refractivity contribution in [1.82, 2.24) is 10.6 Å². The van der Waals surface area contributed by atoms with Crippen LogP contribution >= 0.6 is 0 Å². The van der Waals surface area contributed by atoms with Gasteiger partial charge in [-0.25, -0.2) is 5.84 Å². The third kappa shape index (κ3) is 5.77. The summed E-state index contributed by atoms with van der Waals surface area (Å²) in [7, 11) is 0. The quantitative estimate of drug-likeness (QED) is 0.278. The van der Waals surface area contributed by atoms with Crippen LogP contribution in [0.5, 0.6) is 0 Å². The normalized spacial score (nSPS) is 18.6. The Morgan fingerprint density at radius 1 is 1.22 bits per heavy atom. The van der Waals surface area contributed by atoms with Crippen LogP contribution in [0.2, 0.25) is 0 Å². The Hall–Kier alpha value is -3.63. The van der Waals surface area contributed by atoms with Gasteiger partial charge in [-0.3, -0.25) is 14.6 Å². The number of halogens is 3. The third-order valence-electron chi connectivity index (χ3n) is 6.34. The van der Waals surface area contributed by atoms with Crippen molar-refractivity contribution in [1.29, 1.82) is 0 Å². The van der Waals surface area contributed by atoms with E-state index in [1.165, 1.54) is 5.01 Å². The summed E-state index contributed by atoms with van der Waals surface area (Å²) in [6.45, 7) is 2.64. The van der Waals surface area contributed by atoms with Gasteiger partial charge in [0.05, 0.1) is 29.3 Å². The molecule has 1 saturated carbocycles. The lowest BCUT2D eigenvalue weighted by molar-refractivity contribution is -0.176. The summed E-state index contributed by atoms with van der Waals surface area (Å²) in [4.78, 5) is 25.0. The molecule has 1 saturated heterocycles. The van der Waals surface area contributed by atoms with Gasteiger partial charge in [-0.1, -0.05) is 43.0 Å². The smallest absolute Gasteiger partial charge is 0.367 e. The highest BCUT2D eigenvalue weighted by molar-refractivity contribution is 5.97. The SMILES string of the molecule is C=C(/C=C(/c1cccc(COCC(F)(F)F)c1)N(N)c1ccccc1)NC(=O)C1CNC(=O)C12CC2. The molecule has 4 N–H and O–H groups in total. The van der Waals surface area contributed by atoms with Gasteiger partial charge >= 0.3 is 6.18 Å². The lowest BCUT2D eigenvalue weighted by atomic mass is 9.91. The number of hydrazine groups is 1. The lowest BCUT2D eigenvalue weighted by Gasteiger charge is -2.24. The first-order valence-corrected chi connectivity index (χ1v) is 11.4. The molecule has 2 fully saturated rings. The number of nitrogens with zero attached hydrogens (tertiary/aromatic N) is 1. The maximum Gasteiger partial charge on any atom is 0.411 e. The number of rotatable bonds is 9. The number of ether oxygens (including phenoxy) is 1. The fraction of sp³-hybridized carbons (Fsp3) is 0.308. The van der Waals surface area contributed by atoms with E-state index < -0.39 is 24.1 Å². The van der Waals surface area contributed by atoms with Crippen LogP contribution in [0.15, 0.2) is 72.9 Å². The number of amides is 2. The van der Waals surface area contributed by atoms with Crippen molar-refractivity contribution >= 4 is 23.2 Å². The molecule has 0 bridgehead atoms. The standard InChI is InChI=1S/C26H27F3N4O3/c1-17(32-23(34)21-14-31-24(35)25(21)10-11-25)12-22(33(30)20-8-3-2-4-9-20)19-7-5-6-18(13-19)15-36-16-26(27,28)29/h2-9,12-13,21H,1,10-11,14-16,30H2,(H,31,35)(H,32,34)/b22-12-. The predicted octanol–water partition coefficient (Wildman–Crippen LogP) is 3.64. The van der Waals surface area contributed by atoms with Crippen LogP contribution in [0.25, 0.3) is 5.70 Å². The van der Waals surface area contributed by atoms with Gasteiger partial charge < -0.3 is 15.4 Å². The third-order valence-corrected chi connectivity index (χ3v) is 6.34. The van der Waals surface area contributed by atoms with Crippen molar-refractivity contribution in [2.24, 2.45) is 17.2 Å². The minimum Gasteiger partial charge on any atom is -0.367 e. The molecule has 2 aromatic rings. The molecule has 36 heavy (non-hydrogen) atoms. The highest BCUT2D eigenvalue weighted by Crippen LogP contribution is 2.54. The summed E-state index contributed by atoms with van der Waals surface area (Å²) in [6.07, 6.45) is -1.47. The van der Waals surface area contributed by atoms with Crippen LogP contribution in [0.3, 0.4) is 0 Å². The Labute approximate surface area is 206 Å². The largest absolute Gasteiger partial charge is 0.411 e. The van der Waals surface area contributed by atoms with Gasteiger partial charge in [0.2, 0.25) is 11.8 Å². The zero-order valence-corrected chi connectivity index (χ0v) is 19.5. The van der Waals surface area contributed by atoms with E-state index in [2.05, 4.69) is 17.2 Å².